The molecule has 0 aliphatic heterocycles. The number of amides is 1. The fourth-order valence-electron chi connectivity index (χ4n) is 1.24. The quantitative estimate of drug-likeness (QED) is 0.793. The van der Waals surface area contributed by atoms with E-state index in [1.165, 1.54) is 28.0 Å². The molecule has 0 aliphatic carbocycles. The third-order valence-electron chi connectivity index (χ3n) is 2.02. The van der Waals surface area contributed by atoms with Crippen molar-refractivity contribution in [1.82, 2.24) is 15.5 Å². The Morgan fingerprint density at radius 1 is 1.50 bits per heavy atom. The minimum absolute atomic E-state index is 0.00493. The molecule has 5 nitrogen and oxygen atoms in total. The van der Waals surface area contributed by atoms with E-state index < -0.39 is 0 Å². The minimum atomic E-state index is 0.00493. The van der Waals surface area contributed by atoms with Gasteiger partial charge in [0.25, 0.3) is 0 Å². The molecule has 0 aromatic carbocycles. The van der Waals surface area contributed by atoms with Crippen molar-refractivity contribution in [3.8, 4) is 0 Å². The number of aromatic nitrogens is 2. The number of anilines is 1. The van der Waals surface area contributed by atoms with Gasteiger partial charge in [0.1, 0.15) is 0 Å². The van der Waals surface area contributed by atoms with Crippen LogP contribution in [0.2, 0.25) is 0 Å². The molecule has 0 spiro atoms. The maximum absolute atomic E-state index is 11.5. The van der Waals surface area contributed by atoms with Crippen LogP contribution in [0.25, 0.3) is 0 Å². The highest BCUT2D eigenvalue weighted by atomic mass is 32.2. The van der Waals surface area contributed by atoms with E-state index in [0.29, 0.717) is 17.4 Å². The van der Waals surface area contributed by atoms with E-state index >= 15 is 0 Å². The molecular weight excluding hydrogens is 288 g/mol. The van der Waals surface area contributed by atoms with E-state index in [2.05, 4.69) is 21.6 Å². The van der Waals surface area contributed by atoms with Gasteiger partial charge in [-0.3, -0.25) is 4.79 Å². The molecular formula is C10H12N4OS3. The molecule has 2 rings (SSSR count). The molecule has 0 fully saturated rings. The molecule has 18 heavy (non-hydrogen) atoms. The van der Waals surface area contributed by atoms with Crippen LogP contribution in [0.5, 0.6) is 0 Å². The van der Waals surface area contributed by atoms with Crippen LogP contribution in [-0.2, 0) is 11.2 Å². The molecule has 0 aliphatic rings. The lowest BCUT2D eigenvalue weighted by Gasteiger charge is -2.02. The molecule has 2 aromatic heterocycles. The van der Waals surface area contributed by atoms with Gasteiger partial charge in [-0.2, -0.15) is 0 Å². The molecule has 8 heteroatoms. The van der Waals surface area contributed by atoms with Gasteiger partial charge in [0.05, 0.1) is 5.75 Å². The van der Waals surface area contributed by atoms with Gasteiger partial charge in [0.15, 0.2) is 4.34 Å². The molecule has 0 saturated carbocycles. The number of thioether (sulfide) groups is 1. The van der Waals surface area contributed by atoms with Crippen molar-refractivity contribution in [3.05, 3.63) is 22.4 Å². The Labute approximate surface area is 117 Å². The van der Waals surface area contributed by atoms with Crippen LogP contribution in [0, 0.1) is 0 Å². The molecule has 0 saturated heterocycles. The number of nitrogens with two attached hydrogens (primary N) is 1. The number of carbonyl (C=O) groups excluding carboxylic acids is 1. The van der Waals surface area contributed by atoms with Gasteiger partial charge in [-0.1, -0.05) is 29.2 Å². The Balaban J connectivity index is 1.63. The van der Waals surface area contributed by atoms with Crippen molar-refractivity contribution in [1.29, 1.82) is 0 Å². The van der Waals surface area contributed by atoms with E-state index in [-0.39, 0.29) is 5.91 Å². The summed E-state index contributed by atoms with van der Waals surface area (Å²) in [5.41, 5.74) is 5.45. The Morgan fingerprint density at radius 2 is 2.39 bits per heavy atom. The van der Waals surface area contributed by atoms with Crippen LogP contribution < -0.4 is 11.1 Å². The summed E-state index contributed by atoms with van der Waals surface area (Å²) in [5.74, 6) is 0.351. The van der Waals surface area contributed by atoms with Gasteiger partial charge in [-0.05, 0) is 17.9 Å². The first-order valence-electron chi connectivity index (χ1n) is 5.25. The molecule has 3 N–H and O–H groups in total. The van der Waals surface area contributed by atoms with E-state index in [1.807, 2.05) is 11.4 Å². The van der Waals surface area contributed by atoms with Crippen molar-refractivity contribution in [2.75, 3.05) is 18.0 Å². The lowest BCUT2D eigenvalue weighted by molar-refractivity contribution is -0.118. The number of rotatable bonds is 6. The number of thiophene rings is 1. The van der Waals surface area contributed by atoms with Crippen molar-refractivity contribution >= 4 is 45.5 Å². The molecule has 0 bridgehead atoms. The van der Waals surface area contributed by atoms with Gasteiger partial charge in [-0.15, -0.1) is 21.5 Å². The summed E-state index contributed by atoms with van der Waals surface area (Å²) in [4.78, 5) is 12.8. The maximum Gasteiger partial charge on any atom is 0.230 e. The molecule has 2 heterocycles. The Morgan fingerprint density at radius 3 is 3.06 bits per heavy atom. The molecule has 1 amide bonds. The predicted molar refractivity (Wildman–Crippen MR) is 76.1 cm³/mol. The predicted octanol–water partition coefficient (Wildman–Crippen LogP) is 1.63. The summed E-state index contributed by atoms with van der Waals surface area (Å²) in [7, 11) is 0. The number of nitrogens with zero attached hydrogens (tertiary/aromatic N) is 2. The van der Waals surface area contributed by atoms with Gasteiger partial charge < -0.3 is 11.1 Å². The van der Waals surface area contributed by atoms with Crippen LogP contribution in [0.4, 0.5) is 5.13 Å². The average Bonchev–Trinajstić information content (AvgIpc) is 2.98. The topological polar surface area (TPSA) is 80.9 Å². The second kappa shape index (κ2) is 6.72. The number of nitrogens with one attached hydrogen (secondary N) is 1. The molecule has 0 radical (unpaired) electrons. The van der Waals surface area contributed by atoms with Crippen LogP contribution in [-0.4, -0.2) is 28.4 Å². The van der Waals surface area contributed by atoms with E-state index in [4.69, 9.17) is 5.73 Å². The highest BCUT2D eigenvalue weighted by Gasteiger charge is 2.06. The lowest BCUT2D eigenvalue weighted by Crippen LogP contribution is -2.27. The van der Waals surface area contributed by atoms with Gasteiger partial charge >= 0.3 is 0 Å². The zero-order chi connectivity index (χ0) is 12.8. The van der Waals surface area contributed by atoms with Gasteiger partial charge in [0, 0.05) is 11.4 Å². The zero-order valence-corrected chi connectivity index (χ0v) is 11.9. The largest absolute Gasteiger partial charge is 0.374 e. The summed E-state index contributed by atoms with van der Waals surface area (Å²) in [6.45, 7) is 0.665. The third-order valence-corrected chi connectivity index (χ3v) is 4.84. The SMILES string of the molecule is Nc1nnc(SCC(=O)NCCc2cccs2)s1. The summed E-state index contributed by atoms with van der Waals surface area (Å²) >= 11 is 4.35. The molecule has 0 atom stereocenters. The highest BCUT2D eigenvalue weighted by molar-refractivity contribution is 8.01. The first kappa shape index (κ1) is 13.3. The van der Waals surface area contributed by atoms with Crippen molar-refractivity contribution in [3.63, 3.8) is 0 Å². The molecule has 0 unspecified atom stereocenters. The van der Waals surface area contributed by atoms with E-state index in [9.17, 15) is 4.79 Å². The average molecular weight is 300 g/mol. The number of carbonyl (C=O) groups is 1. The van der Waals surface area contributed by atoms with Crippen LogP contribution in [0.15, 0.2) is 21.9 Å². The monoisotopic (exact) mass is 300 g/mol. The van der Waals surface area contributed by atoms with Crippen molar-refractivity contribution in [2.45, 2.75) is 10.8 Å². The first-order chi connectivity index (χ1) is 8.74. The molecule has 2 aromatic rings. The van der Waals surface area contributed by atoms with Gasteiger partial charge in [0.2, 0.25) is 11.0 Å². The molecule has 96 valence electrons. The fourth-order valence-corrected chi connectivity index (χ4v) is 3.41. The van der Waals surface area contributed by atoms with Crippen LogP contribution in [0.1, 0.15) is 4.88 Å². The summed E-state index contributed by atoms with van der Waals surface area (Å²) < 4.78 is 0.723. The third kappa shape index (κ3) is 4.28. The van der Waals surface area contributed by atoms with E-state index in [0.717, 1.165) is 10.8 Å². The van der Waals surface area contributed by atoms with Crippen LogP contribution in [0.3, 0.4) is 0 Å². The standard InChI is InChI=1S/C10H12N4OS3/c11-9-13-14-10(18-9)17-6-8(15)12-4-3-7-2-1-5-16-7/h1-2,5H,3-4,6H2,(H2,11,13)(H,12,15). The second-order valence-corrected chi connectivity index (χ2v) is 6.64. The Bertz CT molecular complexity index is 497. The number of hydrogen-bond acceptors (Lipinski definition) is 7. The normalized spacial score (nSPS) is 10.4. The summed E-state index contributed by atoms with van der Waals surface area (Å²) in [5, 5.41) is 12.9. The smallest absolute Gasteiger partial charge is 0.230 e. The van der Waals surface area contributed by atoms with Crippen LogP contribution >= 0.6 is 34.4 Å². The number of hydrogen-bond donors (Lipinski definition) is 2. The summed E-state index contributed by atoms with van der Waals surface area (Å²) in [6.07, 6.45) is 0.875. The zero-order valence-electron chi connectivity index (χ0n) is 9.46. The lowest BCUT2D eigenvalue weighted by atomic mass is 10.3. The fraction of sp³-hybridized carbons (Fsp3) is 0.300. The van der Waals surface area contributed by atoms with Crippen molar-refractivity contribution in [2.24, 2.45) is 0 Å². The first-order valence-corrected chi connectivity index (χ1v) is 7.93. The number of nitrogen functional groups attached to an aromatic ring is 1. The highest BCUT2D eigenvalue weighted by Crippen LogP contribution is 2.22. The second-order valence-electron chi connectivity index (χ2n) is 3.37. The van der Waals surface area contributed by atoms with E-state index in [1.54, 1.807) is 11.3 Å². The maximum atomic E-state index is 11.5. The Hall–Kier alpha value is -1.12. The van der Waals surface area contributed by atoms with Gasteiger partial charge in [-0.25, -0.2) is 0 Å². The van der Waals surface area contributed by atoms with Crippen molar-refractivity contribution < 1.29 is 4.79 Å². The Kier molecular flexibility index (Phi) is 4.97. The summed E-state index contributed by atoms with van der Waals surface area (Å²) in [6, 6.07) is 4.08. The minimum Gasteiger partial charge on any atom is -0.374 e.